The molecular formula is C18H19NO2. The van der Waals surface area contributed by atoms with Crippen LogP contribution in [0.15, 0.2) is 42.5 Å². The number of ether oxygens (including phenoxy) is 1. The number of benzene rings is 2. The van der Waals surface area contributed by atoms with E-state index in [2.05, 4.69) is 23.5 Å². The Morgan fingerprint density at radius 1 is 0.952 bits per heavy atom. The van der Waals surface area contributed by atoms with E-state index < -0.39 is 0 Å². The maximum atomic E-state index is 9.96. The molecule has 2 aliphatic rings. The largest absolute Gasteiger partial charge is 0.508 e. The predicted octanol–water partition coefficient (Wildman–Crippen LogP) is 3.49. The first-order valence-electron chi connectivity index (χ1n) is 7.61. The zero-order chi connectivity index (χ0) is 14.2. The van der Waals surface area contributed by atoms with E-state index in [1.165, 1.54) is 11.1 Å². The Balaban J connectivity index is 1.61. The first-order valence-corrected chi connectivity index (χ1v) is 7.61. The van der Waals surface area contributed by atoms with Gasteiger partial charge in [0.25, 0.3) is 0 Å². The number of phenolic OH excluding ortho intramolecular Hbond substituents is 1. The SMILES string of the molecule is Oc1cccc2c1CCC2NC1CCOc2ccccc21. The van der Waals surface area contributed by atoms with Crippen LogP contribution in [0, 0.1) is 0 Å². The van der Waals surface area contributed by atoms with Crippen LogP contribution in [0.1, 0.15) is 41.6 Å². The Kier molecular flexibility index (Phi) is 3.08. The number of aromatic hydroxyl groups is 1. The minimum Gasteiger partial charge on any atom is -0.508 e. The molecule has 0 saturated heterocycles. The Morgan fingerprint density at radius 3 is 2.71 bits per heavy atom. The Morgan fingerprint density at radius 2 is 1.76 bits per heavy atom. The van der Waals surface area contributed by atoms with Crippen LogP contribution in [0.3, 0.4) is 0 Å². The van der Waals surface area contributed by atoms with Crippen molar-refractivity contribution in [2.45, 2.75) is 31.3 Å². The van der Waals surface area contributed by atoms with Gasteiger partial charge in [0.2, 0.25) is 0 Å². The molecular weight excluding hydrogens is 262 g/mol. The molecule has 4 rings (SSSR count). The van der Waals surface area contributed by atoms with Crippen molar-refractivity contribution >= 4 is 0 Å². The Hall–Kier alpha value is -2.00. The van der Waals surface area contributed by atoms with Gasteiger partial charge in [-0.25, -0.2) is 0 Å². The van der Waals surface area contributed by atoms with Crippen LogP contribution in [-0.2, 0) is 6.42 Å². The maximum Gasteiger partial charge on any atom is 0.124 e. The highest BCUT2D eigenvalue weighted by Crippen LogP contribution is 2.39. The number of para-hydroxylation sites is 1. The van der Waals surface area contributed by atoms with E-state index in [0.717, 1.165) is 37.2 Å². The van der Waals surface area contributed by atoms with Gasteiger partial charge in [-0.3, -0.25) is 0 Å². The van der Waals surface area contributed by atoms with E-state index in [9.17, 15) is 5.11 Å². The molecule has 1 aliphatic carbocycles. The van der Waals surface area contributed by atoms with Crippen molar-refractivity contribution in [3.63, 3.8) is 0 Å². The molecule has 108 valence electrons. The summed E-state index contributed by atoms with van der Waals surface area (Å²) >= 11 is 0. The molecule has 2 unspecified atom stereocenters. The van der Waals surface area contributed by atoms with Gasteiger partial charge < -0.3 is 15.2 Å². The number of hydrogen-bond acceptors (Lipinski definition) is 3. The lowest BCUT2D eigenvalue weighted by atomic mass is 9.98. The van der Waals surface area contributed by atoms with Gasteiger partial charge in [-0.1, -0.05) is 30.3 Å². The van der Waals surface area contributed by atoms with Crippen molar-refractivity contribution in [1.82, 2.24) is 5.32 Å². The summed E-state index contributed by atoms with van der Waals surface area (Å²) in [6.45, 7) is 0.758. The summed E-state index contributed by atoms with van der Waals surface area (Å²) in [5.74, 6) is 1.43. The summed E-state index contributed by atoms with van der Waals surface area (Å²) in [6.07, 6.45) is 2.98. The van der Waals surface area contributed by atoms with Crippen molar-refractivity contribution in [2.75, 3.05) is 6.61 Å². The molecule has 0 amide bonds. The highest BCUT2D eigenvalue weighted by molar-refractivity contribution is 5.45. The number of rotatable bonds is 2. The molecule has 0 spiro atoms. The van der Waals surface area contributed by atoms with Crippen LogP contribution in [0.5, 0.6) is 11.5 Å². The second kappa shape index (κ2) is 5.08. The van der Waals surface area contributed by atoms with Crippen LogP contribution < -0.4 is 10.1 Å². The fourth-order valence-electron chi connectivity index (χ4n) is 3.57. The van der Waals surface area contributed by atoms with Gasteiger partial charge in [-0.2, -0.15) is 0 Å². The molecule has 0 aromatic heterocycles. The third kappa shape index (κ3) is 2.18. The molecule has 0 radical (unpaired) electrons. The van der Waals surface area contributed by atoms with Crippen molar-refractivity contribution in [1.29, 1.82) is 0 Å². The molecule has 3 nitrogen and oxygen atoms in total. The average Bonchev–Trinajstić information content (AvgIpc) is 2.92. The smallest absolute Gasteiger partial charge is 0.124 e. The number of nitrogens with one attached hydrogen (secondary N) is 1. The molecule has 3 heteroatoms. The lowest BCUT2D eigenvalue weighted by Gasteiger charge is -2.29. The third-order valence-corrected chi connectivity index (χ3v) is 4.61. The molecule has 2 aromatic rings. The van der Waals surface area contributed by atoms with E-state index in [-0.39, 0.29) is 0 Å². The van der Waals surface area contributed by atoms with Gasteiger partial charge in [0.05, 0.1) is 6.61 Å². The van der Waals surface area contributed by atoms with E-state index in [1.54, 1.807) is 6.07 Å². The second-order valence-electron chi connectivity index (χ2n) is 5.83. The molecule has 1 aliphatic heterocycles. The van der Waals surface area contributed by atoms with Gasteiger partial charge in [0.15, 0.2) is 0 Å². The minimum atomic E-state index is 0.322. The number of hydrogen-bond donors (Lipinski definition) is 2. The van der Waals surface area contributed by atoms with Crippen LogP contribution in [0.2, 0.25) is 0 Å². The molecule has 1 heterocycles. The van der Waals surface area contributed by atoms with Crippen LogP contribution in [-0.4, -0.2) is 11.7 Å². The summed E-state index contributed by atoms with van der Waals surface area (Å²) in [7, 11) is 0. The van der Waals surface area contributed by atoms with Gasteiger partial charge in [-0.15, -0.1) is 0 Å². The first kappa shape index (κ1) is 12.7. The molecule has 0 saturated carbocycles. The van der Waals surface area contributed by atoms with Crippen LogP contribution in [0.25, 0.3) is 0 Å². The quantitative estimate of drug-likeness (QED) is 0.885. The summed E-state index contributed by atoms with van der Waals surface area (Å²) < 4.78 is 5.73. The lowest BCUT2D eigenvalue weighted by Crippen LogP contribution is -2.29. The molecule has 2 atom stereocenters. The van der Waals surface area contributed by atoms with Gasteiger partial charge in [0, 0.05) is 24.1 Å². The fourth-order valence-corrected chi connectivity index (χ4v) is 3.57. The van der Waals surface area contributed by atoms with Crippen LogP contribution >= 0.6 is 0 Å². The van der Waals surface area contributed by atoms with Gasteiger partial charge in [-0.05, 0) is 36.1 Å². The van der Waals surface area contributed by atoms with Crippen LogP contribution in [0.4, 0.5) is 0 Å². The van der Waals surface area contributed by atoms with Crippen molar-refractivity contribution in [2.24, 2.45) is 0 Å². The maximum absolute atomic E-state index is 9.96. The summed E-state index contributed by atoms with van der Waals surface area (Å²) in [5.41, 5.74) is 3.60. The highest BCUT2D eigenvalue weighted by atomic mass is 16.5. The van der Waals surface area contributed by atoms with E-state index in [0.29, 0.717) is 17.8 Å². The van der Waals surface area contributed by atoms with Crippen molar-refractivity contribution in [3.8, 4) is 11.5 Å². The Labute approximate surface area is 124 Å². The standard InChI is InChI=1S/C18H19NO2/c20-17-6-3-5-12-13(17)8-9-15(12)19-16-10-11-21-18-7-2-1-4-14(16)18/h1-7,15-16,19-20H,8-11H2. The molecule has 2 N–H and O–H groups in total. The monoisotopic (exact) mass is 281 g/mol. The Bertz CT molecular complexity index is 668. The zero-order valence-corrected chi connectivity index (χ0v) is 11.9. The average molecular weight is 281 g/mol. The normalized spacial score (nSPS) is 23.2. The fraction of sp³-hybridized carbons (Fsp3) is 0.333. The topological polar surface area (TPSA) is 41.5 Å². The number of fused-ring (bicyclic) bond motifs is 2. The number of phenols is 1. The summed E-state index contributed by atoms with van der Waals surface area (Å²) in [4.78, 5) is 0. The lowest BCUT2D eigenvalue weighted by molar-refractivity contribution is 0.244. The van der Waals surface area contributed by atoms with Crippen molar-refractivity contribution < 1.29 is 9.84 Å². The predicted molar refractivity (Wildman–Crippen MR) is 81.6 cm³/mol. The van der Waals surface area contributed by atoms with E-state index >= 15 is 0 Å². The second-order valence-corrected chi connectivity index (χ2v) is 5.83. The third-order valence-electron chi connectivity index (χ3n) is 4.61. The van der Waals surface area contributed by atoms with Gasteiger partial charge >= 0.3 is 0 Å². The molecule has 2 aromatic carbocycles. The molecule has 21 heavy (non-hydrogen) atoms. The zero-order valence-electron chi connectivity index (χ0n) is 11.9. The minimum absolute atomic E-state index is 0.322. The summed E-state index contributed by atoms with van der Waals surface area (Å²) in [5, 5.41) is 13.7. The highest BCUT2D eigenvalue weighted by Gasteiger charge is 2.29. The van der Waals surface area contributed by atoms with Gasteiger partial charge in [0.1, 0.15) is 11.5 Å². The summed E-state index contributed by atoms with van der Waals surface area (Å²) in [6, 6.07) is 14.8. The molecule has 0 bridgehead atoms. The first-order chi connectivity index (χ1) is 10.3. The molecule has 0 fully saturated rings. The van der Waals surface area contributed by atoms with E-state index in [4.69, 9.17) is 4.74 Å². The van der Waals surface area contributed by atoms with E-state index in [1.807, 2.05) is 18.2 Å². The van der Waals surface area contributed by atoms with Crippen molar-refractivity contribution in [3.05, 3.63) is 59.2 Å².